The van der Waals surface area contributed by atoms with Crippen molar-refractivity contribution in [2.24, 2.45) is 11.8 Å². The molecule has 0 atom stereocenters. The van der Waals surface area contributed by atoms with Crippen LogP contribution >= 0.6 is 0 Å². The molecule has 5 N–H and O–H groups in total. The molecular formula is C34H45N7O6. The number of carbonyl (C=O) groups is 3. The van der Waals surface area contributed by atoms with Crippen LogP contribution in [0.2, 0.25) is 0 Å². The lowest BCUT2D eigenvalue weighted by Gasteiger charge is -2.37. The molecule has 3 amide bonds. The zero-order valence-corrected chi connectivity index (χ0v) is 27.3. The number of hydrogen-bond acceptors (Lipinski definition) is 9. The Bertz CT molecular complexity index is 1570. The second-order valence-corrected chi connectivity index (χ2v) is 12.9. The van der Waals surface area contributed by atoms with E-state index in [1.54, 1.807) is 6.07 Å². The van der Waals surface area contributed by atoms with E-state index in [9.17, 15) is 29.7 Å². The number of aromatic hydroxyl groups is 3. The van der Waals surface area contributed by atoms with Crippen molar-refractivity contribution in [3.05, 3.63) is 47.5 Å². The number of aromatic nitrogens is 3. The van der Waals surface area contributed by atoms with Gasteiger partial charge < -0.3 is 30.9 Å². The number of benzene rings is 2. The van der Waals surface area contributed by atoms with E-state index >= 15 is 0 Å². The zero-order valence-electron chi connectivity index (χ0n) is 27.3. The Morgan fingerprint density at radius 3 is 2.21 bits per heavy atom. The molecule has 0 saturated carbocycles. The summed E-state index contributed by atoms with van der Waals surface area (Å²) in [6.45, 7) is 9.58. The molecule has 252 valence electrons. The van der Waals surface area contributed by atoms with E-state index < -0.39 is 0 Å². The molecule has 3 heterocycles. The van der Waals surface area contributed by atoms with Gasteiger partial charge >= 0.3 is 6.01 Å². The Morgan fingerprint density at radius 2 is 1.57 bits per heavy atom. The van der Waals surface area contributed by atoms with E-state index in [-0.39, 0.29) is 59.4 Å². The van der Waals surface area contributed by atoms with Crippen molar-refractivity contribution in [3.63, 3.8) is 0 Å². The third kappa shape index (κ3) is 8.20. The second kappa shape index (κ2) is 14.8. The average Bonchev–Trinajstić information content (AvgIpc) is 3.44. The Morgan fingerprint density at radius 1 is 0.894 bits per heavy atom. The Hall–Kier alpha value is -4.65. The summed E-state index contributed by atoms with van der Waals surface area (Å²) < 4.78 is 1.46. The molecule has 0 aliphatic carbocycles. The number of piperidine rings is 2. The van der Waals surface area contributed by atoms with Crippen LogP contribution in [0.4, 0.5) is 0 Å². The molecule has 47 heavy (non-hydrogen) atoms. The normalized spacial score (nSPS) is 16.4. The molecule has 2 saturated heterocycles. The van der Waals surface area contributed by atoms with Crippen LogP contribution in [0.15, 0.2) is 36.4 Å². The van der Waals surface area contributed by atoms with Gasteiger partial charge in [-0.15, -0.1) is 5.10 Å². The van der Waals surface area contributed by atoms with E-state index in [1.807, 2.05) is 43.0 Å². The first kappa shape index (κ1) is 33.7. The molecule has 2 aliphatic rings. The van der Waals surface area contributed by atoms with Crippen molar-refractivity contribution < 1.29 is 29.7 Å². The predicted molar refractivity (Wildman–Crippen MR) is 175 cm³/mol. The summed E-state index contributed by atoms with van der Waals surface area (Å²) in [4.78, 5) is 40.4. The topological polar surface area (TPSA) is 173 Å². The summed E-state index contributed by atoms with van der Waals surface area (Å²) in [5.41, 5.74) is 2.73. The second-order valence-electron chi connectivity index (χ2n) is 12.9. The van der Waals surface area contributed by atoms with Gasteiger partial charge in [0, 0.05) is 45.1 Å². The van der Waals surface area contributed by atoms with Crippen molar-refractivity contribution in [1.29, 1.82) is 0 Å². The fourth-order valence-corrected chi connectivity index (χ4v) is 6.41. The van der Waals surface area contributed by atoms with Crippen LogP contribution in [0.5, 0.6) is 17.5 Å². The van der Waals surface area contributed by atoms with E-state index in [2.05, 4.69) is 25.7 Å². The molecule has 2 aromatic carbocycles. The number of rotatable bonds is 10. The molecule has 0 unspecified atom stereocenters. The van der Waals surface area contributed by atoms with Gasteiger partial charge in [-0.3, -0.25) is 19.3 Å². The number of phenolic OH excluding ortho intramolecular Hbond substituents is 2. The fraction of sp³-hybridized carbons (Fsp3) is 0.500. The molecule has 2 aliphatic heterocycles. The standard InChI is InChI=1S/C34H45N7O6/c1-21(2)27-16-28(30(44)17-29(27)43)32-37-38-34(47)41(32)26-6-4-24(5-7-26)20-39-12-10-25(11-13-39)33(46)40-14-8-23(9-15-40)18-36-31(45)19-35-22(3)42/h4-7,16-17,21,23,25,43-44H,8-15,18-20H2,1-3H3,(H,35,42)(H,36,45)(H,38,47). The van der Waals surface area contributed by atoms with E-state index in [0.29, 0.717) is 42.4 Å². The summed E-state index contributed by atoms with van der Waals surface area (Å²) in [6, 6.07) is 10.4. The molecular weight excluding hydrogens is 602 g/mol. The predicted octanol–water partition coefficient (Wildman–Crippen LogP) is 2.88. The summed E-state index contributed by atoms with van der Waals surface area (Å²) >= 11 is 0. The summed E-state index contributed by atoms with van der Waals surface area (Å²) in [6.07, 6.45) is 3.32. The lowest BCUT2D eigenvalue weighted by Crippen LogP contribution is -2.47. The number of phenols is 2. The van der Waals surface area contributed by atoms with Gasteiger partial charge in [-0.05, 0) is 79.9 Å². The molecule has 1 aromatic heterocycles. The fourth-order valence-electron chi connectivity index (χ4n) is 6.41. The Balaban J connectivity index is 1.11. The third-order valence-corrected chi connectivity index (χ3v) is 9.20. The monoisotopic (exact) mass is 647 g/mol. The molecule has 0 spiro atoms. The number of likely N-dealkylation sites (tertiary alicyclic amines) is 2. The molecule has 3 aromatic rings. The Labute approximate surface area is 274 Å². The van der Waals surface area contributed by atoms with Crippen molar-refractivity contribution in [3.8, 4) is 34.6 Å². The first-order chi connectivity index (χ1) is 22.5. The lowest BCUT2D eigenvalue weighted by molar-refractivity contribution is -0.138. The van der Waals surface area contributed by atoms with Crippen LogP contribution in [-0.2, 0) is 20.9 Å². The number of nitrogens with one attached hydrogen (secondary N) is 2. The minimum absolute atomic E-state index is 0.00439. The quantitative estimate of drug-likeness (QED) is 0.222. The number of amides is 3. The van der Waals surface area contributed by atoms with Crippen LogP contribution in [0.1, 0.15) is 63.5 Å². The summed E-state index contributed by atoms with van der Waals surface area (Å²) in [5, 5.41) is 44.7. The first-order valence-electron chi connectivity index (χ1n) is 16.3. The van der Waals surface area contributed by atoms with Crippen molar-refractivity contribution in [2.45, 2.75) is 58.9 Å². The maximum absolute atomic E-state index is 13.3. The van der Waals surface area contributed by atoms with E-state index in [1.165, 1.54) is 17.6 Å². The van der Waals surface area contributed by atoms with Gasteiger partial charge in [0.15, 0.2) is 5.82 Å². The van der Waals surface area contributed by atoms with Crippen LogP contribution in [0, 0.1) is 11.8 Å². The zero-order chi connectivity index (χ0) is 33.7. The maximum Gasteiger partial charge on any atom is 0.319 e. The highest BCUT2D eigenvalue weighted by Crippen LogP contribution is 2.39. The SMILES string of the molecule is CC(=O)NCC(=O)NCC1CCN(C(=O)C2CCN(Cc3ccc(-n4c(O)nnc4-c4cc(C(C)C)c(O)cc4O)cc3)CC2)CC1. The minimum Gasteiger partial charge on any atom is -0.508 e. The van der Waals surface area contributed by atoms with Gasteiger partial charge in [0.25, 0.3) is 0 Å². The molecule has 13 heteroatoms. The highest BCUT2D eigenvalue weighted by molar-refractivity contribution is 5.83. The van der Waals surface area contributed by atoms with Gasteiger partial charge in [0.05, 0.1) is 17.8 Å². The average molecular weight is 648 g/mol. The molecule has 5 rings (SSSR count). The maximum atomic E-state index is 13.3. The number of carbonyl (C=O) groups excluding carboxylic acids is 3. The minimum atomic E-state index is -0.312. The van der Waals surface area contributed by atoms with Gasteiger partial charge in [0.1, 0.15) is 11.5 Å². The van der Waals surface area contributed by atoms with Crippen LogP contribution in [0.25, 0.3) is 17.1 Å². The number of nitrogens with zero attached hydrogens (tertiary/aromatic N) is 5. The highest BCUT2D eigenvalue weighted by Gasteiger charge is 2.31. The van der Waals surface area contributed by atoms with Crippen molar-refractivity contribution >= 4 is 17.7 Å². The molecule has 13 nitrogen and oxygen atoms in total. The largest absolute Gasteiger partial charge is 0.508 e. The van der Waals surface area contributed by atoms with Crippen molar-refractivity contribution in [2.75, 3.05) is 39.3 Å². The van der Waals surface area contributed by atoms with Gasteiger partial charge in [-0.1, -0.05) is 31.1 Å². The van der Waals surface area contributed by atoms with Gasteiger partial charge in [-0.25, -0.2) is 4.57 Å². The summed E-state index contributed by atoms with van der Waals surface area (Å²) in [7, 11) is 0. The first-order valence-corrected chi connectivity index (χ1v) is 16.3. The Kier molecular flexibility index (Phi) is 10.6. The molecule has 0 radical (unpaired) electrons. The van der Waals surface area contributed by atoms with Crippen LogP contribution in [-0.4, -0.2) is 96.9 Å². The molecule has 2 fully saturated rings. The van der Waals surface area contributed by atoms with Gasteiger partial charge in [-0.2, -0.15) is 0 Å². The van der Waals surface area contributed by atoms with E-state index in [0.717, 1.165) is 50.9 Å². The summed E-state index contributed by atoms with van der Waals surface area (Å²) in [5.74, 6) is 0.246. The smallest absolute Gasteiger partial charge is 0.319 e. The van der Waals surface area contributed by atoms with E-state index in [4.69, 9.17) is 0 Å². The number of hydrogen-bond donors (Lipinski definition) is 5. The van der Waals surface area contributed by atoms with Crippen LogP contribution < -0.4 is 10.6 Å². The highest BCUT2D eigenvalue weighted by atomic mass is 16.3. The van der Waals surface area contributed by atoms with Gasteiger partial charge in [0.2, 0.25) is 17.7 Å². The third-order valence-electron chi connectivity index (χ3n) is 9.20. The van der Waals surface area contributed by atoms with Crippen molar-refractivity contribution in [1.82, 2.24) is 35.2 Å². The lowest BCUT2D eigenvalue weighted by atomic mass is 9.92. The van der Waals surface area contributed by atoms with Crippen LogP contribution in [0.3, 0.4) is 0 Å². The molecule has 0 bridgehead atoms.